The first-order valence-electron chi connectivity index (χ1n) is 2.87. The van der Waals surface area contributed by atoms with Crippen LogP contribution in [0.2, 0.25) is 0 Å². The molecule has 0 rings (SSSR count). The third-order valence-corrected chi connectivity index (χ3v) is 0.896. The van der Waals surface area contributed by atoms with Crippen molar-refractivity contribution in [2.45, 2.75) is 13.1 Å². The summed E-state index contributed by atoms with van der Waals surface area (Å²) in [4.78, 5) is 0. The van der Waals surface area contributed by atoms with Gasteiger partial charge in [-0.3, -0.25) is 0 Å². The molecule has 2 nitrogen and oxygen atoms in total. The van der Waals surface area contributed by atoms with Gasteiger partial charge in [-0.25, -0.2) is 0 Å². The summed E-state index contributed by atoms with van der Waals surface area (Å²) in [6.07, 6.45) is -4.42. The number of hydrogen-bond donors (Lipinski definition) is 1. The molecule has 0 aromatic carbocycles. The van der Waals surface area contributed by atoms with E-state index in [2.05, 4.69) is 17.1 Å². The van der Waals surface area contributed by atoms with Crippen LogP contribution < -0.4 is 5.43 Å². The van der Waals surface area contributed by atoms with Gasteiger partial charge in [0.25, 0.3) is 0 Å². The second-order valence-corrected chi connectivity index (χ2v) is 1.96. The van der Waals surface area contributed by atoms with Crippen LogP contribution in [0, 0.1) is 0 Å². The Morgan fingerprint density at radius 2 is 1.91 bits per heavy atom. The molecule has 0 aliphatic heterocycles. The number of nitrogens with zero attached hydrogens (tertiary/aromatic N) is 1. The van der Waals surface area contributed by atoms with Gasteiger partial charge >= 0.3 is 6.18 Å². The van der Waals surface area contributed by atoms with E-state index in [-0.39, 0.29) is 5.57 Å². The zero-order valence-electron chi connectivity index (χ0n) is 6.29. The normalized spacial score (nSPS) is 13.0. The highest BCUT2D eigenvalue weighted by Gasteiger charge is 2.36. The molecule has 0 atom stereocenters. The summed E-state index contributed by atoms with van der Waals surface area (Å²) in [5.41, 5.74) is 0.986. The molecule has 1 N–H and O–H groups in total. The van der Waals surface area contributed by atoms with E-state index in [0.29, 0.717) is 0 Å². The molecule has 0 aromatic heterocycles. The predicted molar refractivity (Wildman–Crippen MR) is 37.4 cm³/mol. The van der Waals surface area contributed by atoms with Gasteiger partial charge in [0.15, 0.2) is 5.71 Å². The average Bonchev–Trinajstić information content (AvgIpc) is 1.79. The Kier molecular flexibility index (Phi) is 3.10. The van der Waals surface area contributed by atoms with Crippen LogP contribution in [-0.4, -0.2) is 18.9 Å². The van der Waals surface area contributed by atoms with Crippen LogP contribution in [0.5, 0.6) is 0 Å². The fourth-order valence-corrected chi connectivity index (χ4v) is 0.513. The molecule has 0 aromatic rings. The largest absolute Gasteiger partial charge is 0.435 e. The monoisotopic (exact) mass is 166 g/mol. The number of halogens is 3. The predicted octanol–water partition coefficient (Wildman–Crippen LogP) is 1.70. The smallest absolute Gasteiger partial charge is 0.313 e. The van der Waals surface area contributed by atoms with E-state index in [1.54, 1.807) is 0 Å². The molecule has 0 radical (unpaired) electrons. The van der Waals surface area contributed by atoms with Crippen LogP contribution in [0.15, 0.2) is 17.3 Å². The number of rotatable bonds is 2. The summed E-state index contributed by atoms with van der Waals surface area (Å²) in [5.74, 6) is 0. The average molecular weight is 166 g/mol. The summed E-state index contributed by atoms with van der Waals surface area (Å²) in [6, 6.07) is 0. The Morgan fingerprint density at radius 1 is 1.45 bits per heavy atom. The van der Waals surface area contributed by atoms with Crippen LogP contribution in [0.1, 0.15) is 6.92 Å². The van der Waals surface area contributed by atoms with Gasteiger partial charge in [0, 0.05) is 7.05 Å². The Labute approximate surface area is 62.8 Å². The molecule has 11 heavy (non-hydrogen) atoms. The van der Waals surface area contributed by atoms with Crippen LogP contribution in [-0.2, 0) is 0 Å². The number of hydrazone groups is 1. The molecule has 0 unspecified atom stereocenters. The molecule has 0 bridgehead atoms. The Hall–Kier alpha value is -1.00. The lowest BCUT2D eigenvalue weighted by atomic mass is 10.2. The van der Waals surface area contributed by atoms with Crippen molar-refractivity contribution in [2.75, 3.05) is 7.05 Å². The van der Waals surface area contributed by atoms with Crippen LogP contribution in [0.3, 0.4) is 0 Å². The number of nitrogens with one attached hydrogen (secondary N) is 1. The highest BCUT2D eigenvalue weighted by molar-refractivity contribution is 6.03. The van der Waals surface area contributed by atoms with Crippen molar-refractivity contribution in [3.05, 3.63) is 12.2 Å². The van der Waals surface area contributed by atoms with Gasteiger partial charge in [0.1, 0.15) is 0 Å². The second kappa shape index (κ2) is 3.41. The molecule has 0 aliphatic carbocycles. The minimum absolute atomic E-state index is 0.105. The topological polar surface area (TPSA) is 24.4 Å². The fourth-order valence-electron chi connectivity index (χ4n) is 0.513. The van der Waals surface area contributed by atoms with E-state index in [1.165, 1.54) is 14.0 Å². The van der Waals surface area contributed by atoms with E-state index in [4.69, 9.17) is 0 Å². The van der Waals surface area contributed by atoms with Crippen molar-refractivity contribution in [3.8, 4) is 0 Å². The third kappa shape index (κ3) is 3.06. The Morgan fingerprint density at radius 3 is 2.00 bits per heavy atom. The second-order valence-electron chi connectivity index (χ2n) is 1.96. The zero-order chi connectivity index (χ0) is 9.07. The first-order chi connectivity index (χ1) is 4.89. The number of alkyl halides is 3. The standard InChI is InChI=1S/C6H9F3N2/c1-4(2)5(11-10-3)6(7,8)9/h10H,1H2,2-3H3/b11-5+. The van der Waals surface area contributed by atoms with Gasteiger partial charge in [0.05, 0.1) is 0 Å². The molecule has 0 fully saturated rings. The van der Waals surface area contributed by atoms with Gasteiger partial charge in [-0.05, 0) is 12.5 Å². The number of hydrogen-bond acceptors (Lipinski definition) is 2. The molecule has 0 saturated heterocycles. The van der Waals surface area contributed by atoms with Crippen molar-refractivity contribution < 1.29 is 13.2 Å². The van der Waals surface area contributed by atoms with Crippen LogP contribution >= 0.6 is 0 Å². The molecular weight excluding hydrogens is 157 g/mol. The maximum Gasteiger partial charge on any atom is 0.435 e. The van der Waals surface area contributed by atoms with Crippen molar-refractivity contribution in [2.24, 2.45) is 5.10 Å². The highest BCUT2D eigenvalue weighted by Crippen LogP contribution is 2.20. The summed E-state index contributed by atoms with van der Waals surface area (Å²) >= 11 is 0. The first kappa shape index (κ1) is 10.0. The molecule has 64 valence electrons. The minimum atomic E-state index is -4.42. The molecule has 0 aliphatic rings. The minimum Gasteiger partial charge on any atom is -0.313 e. The van der Waals surface area contributed by atoms with Gasteiger partial charge in [-0.15, -0.1) is 0 Å². The Bertz CT molecular complexity index is 181. The highest BCUT2D eigenvalue weighted by atomic mass is 19.4. The Balaban J connectivity index is 4.63. The molecule has 0 amide bonds. The molecule has 0 saturated carbocycles. The van der Waals surface area contributed by atoms with E-state index in [1.807, 2.05) is 0 Å². The van der Waals surface area contributed by atoms with Crippen molar-refractivity contribution in [3.63, 3.8) is 0 Å². The van der Waals surface area contributed by atoms with Crippen LogP contribution in [0.25, 0.3) is 0 Å². The molecular formula is C6H9F3N2. The molecule has 5 heteroatoms. The van der Waals surface area contributed by atoms with E-state index in [9.17, 15) is 13.2 Å². The van der Waals surface area contributed by atoms with Gasteiger partial charge in [-0.1, -0.05) is 6.58 Å². The lowest BCUT2D eigenvalue weighted by Crippen LogP contribution is -2.25. The van der Waals surface area contributed by atoms with Gasteiger partial charge in [0.2, 0.25) is 0 Å². The number of allylic oxidation sites excluding steroid dienone is 1. The first-order valence-corrected chi connectivity index (χ1v) is 2.87. The SMILES string of the molecule is C=C(C)/C(=N\NC)C(F)(F)F. The van der Waals surface area contributed by atoms with Crippen molar-refractivity contribution in [1.29, 1.82) is 0 Å². The fraction of sp³-hybridized carbons (Fsp3) is 0.500. The lowest BCUT2D eigenvalue weighted by Gasteiger charge is -2.08. The third-order valence-electron chi connectivity index (χ3n) is 0.896. The van der Waals surface area contributed by atoms with Crippen LogP contribution in [0.4, 0.5) is 13.2 Å². The van der Waals surface area contributed by atoms with E-state index in [0.717, 1.165) is 0 Å². The summed E-state index contributed by atoms with van der Waals surface area (Å²) < 4.78 is 35.8. The summed E-state index contributed by atoms with van der Waals surface area (Å²) in [7, 11) is 1.30. The maximum atomic E-state index is 11.9. The van der Waals surface area contributed by atoms with Crippen molar-refractivity contribution in [1.82, 2.24) is 5.43 Å². The summed E-state index contributed by atoms with van der Waals surface area (Å²) in [6.45, 7) is 4.40. The van der Waals surface area contributed by atoms with Gasteiger partial charge < -0.3 is 5.43 Å². The maximum absolute atomic E-state index is 11.9. The summed E-state index contributed by atoms with van der Waals surface area (Å²) in [5, 5.41) is 3.04. The van der Waals surface area contributed by atoms with Gasteiger partial charge in [-0.2, -0.15) is 18.3 Å². The van der Waals surface area contributed by atoms with E-state index < -0.39 is 11.9 Å². The zero-order valence-corrected chi connectivity index (χ0v) is 6.29. The quantitative estimate of drug-likeness (QED) is 0.490. The lowest BCUT2D eigenvalue weighted by molar-refractivity contribution is -0.0585. The molecule has 0 heterocycles. The molecule has 0 spiro atoms. The van der Waals surface area contributed by atoms with E-state index >= 15 is 0 Å². The van der Waals surface area contributed by atoms with Crippen molar-refractivity contribution >= 4 is 5.71 Å².